The maximum absolute atomic E-state index is 13.1. The van der Waals surface area contributed by atoms with Crippen LogP contribution in [0.1, 0.15) is 34.0 Å². The van der Waals surface area contributed by atoms with Gasteiger partial charge in [0.2, 0.25) is 9.84 Å². The van der Waals surface area contributed by atoms with Crippen molar-refractivity contribution in [3.05, 3.63) is 119 Å². The van der Waals surface area contributed by atoms with Crippen molar-refractivity contribution in [1.29, 1.82) is 0 Å². The molecule has 2 N–H and O–H groups in total. The van der Waals surface area contributed by atoms with Crippen molar-refractivity contribution < 1.29 is 53.0 Å². The Hall–Kier alpha value is -2.49. The van der Waals surface area contributed by atoms with Crippen LogP contribution >= 0.6 is 11.6 Å². The molecule has 9 heteroatoms. The van der Waals surface area contributed by atoms with Crippen LogP contribution < -0.4 is 40.0 Å². The Morgan fingerprint density at radius 3 is 2.00 bits per heavy atom. The predicted octanol–water partition coefficient (Wildman–Crippen LogP) is 1.46. The molecule has 0 radical (unpaired) electrons. The van der Waals surface area contributed by atoms with Gasteiger partial charge in [0.05, 0.1) is 21.9 Å². The number of hydrogen-bond acceptors (Lipinski definition) is 6. The van der Waals surface area contributed by atoms with E-state index in [9.17, 15) is 23.4 Å². The first kappa shape index (κ1) is 31.0. The van der Waals surface area contributed by atoms with E-state index in [0.29, 0.717) is 18.1 Å². The van der Waals surface area contributed by atoms with E-state index in [0.717, 1.165) is 35.1 Å². The Balaban J connectivity index is 0.00000420. The number of aliphatic hydroxyl groups is 1. The van der Waals surface area contributed by atoms with Gasteiger partial charge in [-0.2, -0.15) is 0 Å². The van der Waals surface area contributed by atoms with Crippen molar-refractivity contribution in [3.63, 3.8) is 0 Å². The summed E-state index contributed by atoms with van der Waals surface area (Å²) in [6.45, 7) is 1.13. The number of halogens is 1. The average Bonchev–Trinajstić information content (AvgIpc) is 2.93. The molecule has 1 atom stereocenters. The molecule has 39 heavy (non-hydrogen) atoms. The zero-order valence-corrected chi connectivity index (χ0v) is 25.1. The van der Waals surface area contributed by atoms with Crippen molar-refractivity contribution >= 4 is 27.4 Å². The molecule has 196 valence electrons. The van der Waals surface area contributed by atoms with E-state index in [1.54, 1.807) is 60.7 Å². The van der Waals surface area contributed by atoms with Gasteiger partial charge in [-0.15, -0.1) is 0 Å². The maximum atomic E-state index is 13.1. The number of sulfone groups is 1. The van der Waals surface area contributed by atoms with Gasteiger partial charge in [0, 0.05) is 11.6 Å². The number of carbonyl (C=O) groups is 1. The van der Waals surface area contributed by atoms with Crippen molar-refractivity contribution in [2.24, 2.45) is 0 Å². The van der Waals surface area contributed by atoms with Gasteiger partial charge >= 0.3 is 29.6 Å². The summed E-state index contributed by atoms with van der Waals surface area (Å²) >= 11 is 5.97. The van der Waals surface area contributed by atoms with E-state index in [-0.39, 0.29) is 44.9 Å². The summed E-state index contributed by atoms with van der Waals surface area (Å²) < 4.78 is 26.2. The van der Waals surface area contributed by atoms with E-state index < -0.39 is 21.9 Å². The summed E-state index contributed by atoms with van der Waals surface area (Å²) in [4.78, 5) is 11.3. The van der Waals surface area contributed by atoms with Crippen molar-refractivity contribution in [2.75, 3.05) is 13.1 Å². The second-order valence-corrected chi connectivity index (χ2v) is 11.3. The Bertz CT molecular complexity index is 1490. The van der Waals surface area contributed by atoms with Gasteiger partial charge in [-0.3, -0.25) is 0 Å². The molecular formula is C30H27ClNNaO5S. The van der Waals surface area contributed by atoms with Crippen LogP contribution in [0.4, 0.5) is 0 Å². The van der Waals surface area contributed by atoms with E-state index in [1.807, 2.05) is 24.3 Å². The first-order valence-electron chi connectivity index (χ1n) is 12.1. The number of aryl methyl sites for hydroxylation is 1. The average molecular weight is 572 g/mol. The van der Waals surface area contributed by atoms with Crippen LogP contribution in [-0.2, 0) is 16.3 Å². The first-order valence-corrected chi connectivity index (χ1v) is 14.0. The molecule has 0 aliphatic heterocycles. The normalized spacial score (nSPS) is 11.9. The van der Waals surface area contributed by atoms with Crippen molar-refractivity contribution in [1.82, 2.24) is 5.32 Å². The molecule has 0 bridgehead atoms. The minimum atomic E-state index is -3.68. The van der Waals surface area contributed by atoms with Gasteiger partial charge in [0.1, 0.15) is 0 Å². The third kappa shape index (κ3) is 8.25. The quantitative estimate of drug-likeness (QED) is 0.209. The van der Waals surface area contributed by atoms with E-state index >= 15 is 0 Å². The van der Waals surface area contributed by atoms with Crippen molar-refractivity contribution in [3.8, 4) is 11.1 Å². The Morgan fingerprint density at radius 1 is 0.872 bits per heavy atom. The Morgan fingerprint density at radius 2 is 1.44 bits per heavy atom. The number of nitrogens with one attached hydrogen (secondary N) is 1. The molecule has 4 aromatic rings. The first-order chi connectivity index (χ1) is 18.2. The zero-order chi connectivity index (χ0) is 27.1. The summed E-state index contributed by atoms with van der Waals surface area (Å²) in [5.74, 6) is -1.24. The smallest absolute Gasteiger partial charge is 0.545 e. The molecule has 0 spiro atoms. The summed E-state index contributed by atoms with van der Waals surface area (Å²) in [7, 11) is -3.68. The fourth-order valence-electron chi connectivity index (χ4n) is 4.08. The van der Waals surface area contributed by atoms with E-state index in [2.05, 4.69) is 5.32 Å². The summed E-state index contributed by atoms with van der Waals surface area (Å²) in [6, 6.07) is 26.8. The minimum absolute atomic E-state index is 0. The molecule has 6 nitrogen and oxygen atoms in total. The monoisotopic (exact) mass is 571 g/mol. The SMILES string of the molecule is O=C([O-])c1ccc(-c2ccc(S(=O)(=O)c3ccc(CCCNC[C@H](O)c4cccc(Cl)c4)cc3)cc2)cc1.[Na+]. The van der Waals surface area contributed by atoms with Crippen LogP contribution in [0.3, 0.4) is 0 Å². The molecule has 0 amide bonds. The predicted molar refractivity (Wildman–Crippen MR) is 146 cm³/mol. The number of carbonyl (C=O) groups excluding carboxylic acids is 1. The number of rotatable bonds is 11. The zero-order valence-electron chi connectivity index (χ0n) is 21.5. The summed E-state index contributed by atoms with van der Waals surface area (Å²) in [6.07, 6.45) is 0.966. The minimum Gasteiger partial charge on any atom is -0.545 e. The van der Waals surface area contributed by atoms with Crippen LogP contribution in [0.15, 0.2) is 107 Å². The van der Waals surface area contributed by atoms with Gasteiger partial charge < -0.3 is 20.3 Å². The van der Waals surface area contributed by atoms with Crippen LogP contribution in [-0.4, -0.2) is 32.6 Å². The standard InChI is InChI=1S/C30H28ClNO5S.Na/c31-26-5-1-4-25(19-26)29(33)20-32-18-2-3-21-6-14-27(15-7-21)38(36,37)28-16-12-23(13-17-28)22-8-10-24(11-9-22)30(34)35;/h1,4-17,19,29,32-33H,2-3,18,20H2,(H,34,35);/q;+1/p-1/t29-;/m0./s1. The van der Waals surface area contributed by atoms with Gasteiger partial charge in [-0.1, -0.05) is 72.3 Å². The van der Waals surface area contributed by atoms with E-state index in [1.165, 1.54) is 12.1 Å². The molecule has 0 aliphatic rings. The summed E-state index contributed by atoms with van der Waals surface area (Å²) in [5.41, 5.74) is 3.43. The van der Waals surface area contributed by atoms with Gasteiger partial charge in [-0.25, -0.2) is 8.42 Å². The number of benzene rings is 4. The van der Waals surface area contributed by atoms with Gasteiger partial charge in [0.25, 0.3) is 0 Å². The third-order valence-electron chi connectivity index (χ3n) is 6.24. The summed E-state index contributed by atoms with van der Waals surface area (Å²) in [5, 5.41) is 25.0. The van der Waals surface area contributed by atoms with Crippen molar-refractivity contribution in [2.45, 2.75) is 28.7 Å². The Kier molecular flexibility index (Phi) is 11.3. The number of hydrogen-bond donors (Lipinski definition) is 2. The molecule has 4 aromatic carbocycles. The van der Waals surface area contributed by atoms with Gasteiger partial charge in [-0.05, 0) is 83.6 Å². The molecular weight excluding hydrogens is 545 g/mol. The number of carboxylic acids is 1. The molecule has 0 saturated heterocycles. The number of aliphatic hydroxyl groups excluding tert-OH is 1. The molecule has 0 fully saturated rings. The molecule has 0 saturated carbocycles. The third-order valence-corrected chi connectivity index (χ3v) is 8.26. The fourth-order valence-corrected chi connectivity index (χ4v) is 5.54. The van der Waals surface area contributed by atoms with Crippen LogP contribution in [0.2, 0.25) is 5.02 Å². The van der Waals surface area contributed by atoms with Crippen LogP contribution in [0, 0.1) is 0 Å². The molecule has 0 unspecified atom stereocenters. The largest absolute Gasteiger partial charge is 1.00 e. The molecule has 0 heterocycles. The second-order valence-electron chi connectivity index (χ2n) is 8.92. The maximum Gasteiger partial charge on any atom is 1.00 e. The van der Waals surface area contributed by atoms with Gasteiger partial charge in [0.15, 0.2) is 0 Å². The topological polar surface area (TPSA) is 107 Å². The molecule has 4 rings (SSSR count). The fraction of sp³-hybridized carbons (Fsp3) is 0.167. The second kappa shape index (κ2) is 14.2. The Labute approximate surface area is 255 Å². The van der Waals surface area contributed by atoms with E-state index in [4.69, 9.17) is 11.6 Å². The number of carboxylic acid groups (broad SMARTS) is 1. The van der Waals surface area contributed by atoms with Crippen LogP contribution in [0.5, 0.6) is 0 Å². The number of aromatic carboxylic acids is 1. The molecule has 0 aliphatic carbocycles. The van der Waals surface area contributed by atoms with Crippen LogP contribution in [0.25, 0.3) is 11.1 Å². The molecule has 0 aromatic heterocycles.